The van der Waals surface area contributed by atoms with Gasteiger partial charge in [0.15, 0.2) is 0 Å². The van der Waals surface area contributed by atoms with Crippen molar-refractivity contribution in [1.29, 1.82) is 0 Å². The second-order valence-electron chi connectivity index (χ2n) is 2.87. The third-order valence-electron chi connectivity index (χ3n) is 1.95. The molecule has 1 saturated heterocycles. The normalized spacial score (nSPS) is 27.4. The average molecular weight is 140 g/mol. The Labute approximate surface area is 63.1 Å². The van der Waals surface area contributed by atoms with E-state index in [4.69, 9.17) is 4.74 Å². The van der Waals surface area contributed by atoms with E-state index in [1.807, 2.05) is 6.08 Å². The van der Waals surface area contributed by atoms with Gasteiger partial charge < -0.3 is 4.74 Å². The van der Waals surface area contributed by atoms with Crippen LogP contribution < -0.4 is 0 Å². The van der Waals surface area contributed by atoms with E-state index in [1.54, 1.807) is 0 Å². The van der Waals surface area contributed by atoms with Crippen LogP contribution in [0, 0.1) is 0 Å². The molecule has 1 fully saturated rings. The van der Waals surface area contributed by atoms with E-state index in [-0.39, 0.29) is 0 Å². The molecule has 0 spiro atoms. The number of rotatable bonds is 2. The molecule has 0 aromatic rings. The van der Waals surface area contributed by atoms with E-state index in [2.05, 4.69) is 6.58 Å². The molecule has 1 aliphatic heterocycles. The first-order valence-corrected chi connectivity index (χ1v) is 4.16. The Balaban J connectivity index is 2.21. The van der Waals surface area contributed by atoms with E-state index < -0.39 is 0 Å². The molecule has 1 heteroatoms. The van der Waals surface area contributed by atoms with Crippen LogP contribution in [0.2, 0.25) is 0 Å². The van der Waals surface area contributed by atoms with Crippen LogP contribution >= 0.6 is 0 Å². The minimum absolute atomic E-state index is 0.472. The van der Waals surface area contributed by atoms with Crippen LogP contribution in [0.1, 0.15) is 32.1 Å². The van der Waals surface area contributed by atoms with E-state index in [0.717, 1.165) is 13.0 Å². The summed E-state index contributed by atoms with van der Waals surface area (Å²) in [7, 11) is 0. The van der Waals surface area contributed by atoms with Gasteiger partial charge in [-0.05, 0) is 19.3 Å². The smallest absolute Gasteiger partial charge is 0.0609 e. The Hall–Kier alpha value is -0.300. The second-order valence-corrected chi connectivity index (χ2v) is 2.87. The molecule has 1 rings (SSSR count). The quantitative estimate of drug-likeness (QED) is 0.535. The molecule has 0 aromatic heterocycles. The molecule has 0 saturated carbocycles. The molecule has 1 atom stereocenters. The lowest BCUT2D eigenvalue weighted by atomic mass is 10.1. The zero-order valence-corrected chi connectivity index (χ0v) is 6.51. The van der Waals surface area contributed by atoms with Crippen LogP contribution in [0.15, 0.2) is 12.7 Å². The molecule has 0 aliphatic carbocycles. The van der Waals surface area contributed by atoms with Crippen LogP contribution in [-0.4, -0.2) is 12.7 Å². The van der Waals surface area contributed by atoms with Crippen LogP contribution in [0.3, 0.4) is 0 Å². The average Bonchev–Trinajstić information content (AvgIpc) is 2.17. The first-order chi connectivity index (χ1) is 4.93. The molecular formula is C9H16O. The lowest BCUT2D eigenvalue weighted by Crippen LogP contribution is -2.09. The van der Waals surface area contributed by atoms with Gasteiger partial charge in [-0.2, -0.15) is 0 Å². The van der Waals surface area contributed by atoms with Crippen molar-refractivity contribution in [3.8, 4) is 0 Å². The summed E-state index contributed by atoms with van der Waals surface area (Å²) in [5.74, 6) is 0. The number of hydrogen-bond donors (Lipinski definition) is 0. The molecule has 0 N–H and O–H groups in total. The highest BCUT2D eigenvalue weighted by Crippen LogP contribution is 2.15. The monoisotopic (exact) mass is 140 g/mol. The fraction of sp³-hybridized carbons (Fsp3) is 0.778. The predicted molar refractivity (Wildman–Crippen MR) is 43.0 cm³/mol. The van der Waals surface area contributed by atoms with Gasteiger partial charge >= 0.3 is 0 Å². The van der Waals surface area contributed by atoms with Gasteiger partial charge in [-0.1, -0.05) is 18.9 Å². The first kappa shape index (κ1) is 7.80. The summed E-state index contributed by atoms with van der Waals surface area (Å²) in [6.45, 7) is 4.66. The van der Waals surface area contributed by atoms with E-state index in [1.165, 1.54) is 25.7 Å². The Morgan fingerprint density at radius 3 is 3.10 bits per heavy atom. The van der Waals surface area contributed by atoms with Gasteiger partial charge in [-0.3, -0.25) is 0 Å². The summed E-state index contributed by atoms with van der Waals surface area (Å²) in [5.41, 5.74) is 0. The van der Waals surface area contributed by atoms with Crippen molar-refractivity contribution in [3.63, 3.8) is 0 Å². The third-order valence-corrected chi connectivity index (χ3v) is 1.95. The van der Waals surface area contributed by atoms with Crippen molar-refractivity contribution in [2.24, 2.45) is 0 Å². The summed E-state index contributed by atoms with van der Waals surface area (Å²) >= 11 is 0. The summed E-state index contributed by atoms with van der Waals surface area (Å²) in [5, 5.41) is 0. The van der Waals surface area contributed by atoms with Crippen LogP contribution in [0.25, 0.3) is 0 Å². The first-order valence-electron chi connectivity index (χ1n) is 4.16. The van der Waals surface area contributed by atoms with Crippen LogP contribution in [0.5, 0.6) is 0 Å². The molecular weight excluding hydrogens is 124 g/mol. The lowest BCUT2D eigenvalue weighted by Gasteiger charge is -2.11. The minimum Gasteiger partial charge on any atom is -0.378 e. The van der Waals surface area contributed by atoms with Gasteiger partial charge in [0.1, 0.15) is 0 Å². The van der Waals surface area contributed by atoms with Gasteiger partial charge in [0.25, 0.3) is 0 Å². The minimum atomic E-state index is 0.472. The number of hydrogen-bond acceptors (Lipinski definition) is 1. The van der Waals surface area contributed by atoms with Crippen molar-refractivity contribution in [2.45, 2.75) is 38.2 Å². The highest BCUT2D eigenvalue weighted by atomic mass is 16.5. The summed E-state index contributed by atoms with van der Waals surface area (Å²) in [6.07, 6.45) is 8.60. The molecule has 10 heavy (non-hydrogen) atoms. The van der Waals surface area contributed by atoms with E-state index in [9.17, 15) is 0 Å². The SMILES string of the molecule is C=CCC1CCCCCO1. The van der Waals surface area contributed by atoms with E-state index in [0.29, 0.717) is 6.10 Å². The zero-order valence-electron chi connectivity index (χ0n) is 6.51. The van der Waals surface area contributed by atoms with Crippen molar-refractivity contribution < 1.29 is 4.74 Å². The maximum absolute atomic E-state index is 5.57. The van der Waals surface area contributed by atoms with Crippen molar-refractivity contribution in [2.75, 3.05) is 6.61 Å². The molecule has 0 bridgehead atoms. The largest absolute Gasteiger partial charge is 0.378 e. The van der Waals surface area contributed by atoms with Gasteiger partial charge in [-0.25, -0.2) is 0 Å². The number of ether oxygens (including phenoxy) is 1. The van der Waals surface area contributed by atoms with E-state index >= 15 is 0 Å². The topological polar surface area (TPSA) is 9.23 Å². The second kappa shape index (κ2) is 4.51. The highest BCUT2D eigenvalue weighted by Gasteiger charge is 2.09. The Morgan fingerprint density at radius 2 is 2.30 bits per heavy atom. The lowest BCUT2D eigenvalue weighted by molar-refractivity contribution is 0.0611. The van der Waals surface area contributed by atoms with Gasteiger partial charge in [0, 0.05) is 6.61 Å². The summed E-state index contributed by atoms with van der Waals surface area (Å²) in [4.78, 5) is 0. The summed E-state index contributed by atoms with van der Waals surface area (Å²) < 4.78 is 5.57. The summed E-state index contributed by atoms with van der Waals surface area (Å²) in [6, 6.07) is 0. The Bertz CT molecular complexity index is 90.9. The Kier molecular flexibility index (Phi) is 3.52. The molecule has 1 unspecified atom stereocenters. The van der Waals surface area contributed by atoms with Gasteiger partial charge in [0.05, 0.1) is 6.10 Å². The molecule has 1 heterocycles. The molecule has 0 aromatic carbocycles. The molecule has 0 amide bonds. The predicted octanol–water partition coefficient (Wildman–Crippen LogP) is 2.52. The maximum Gasteiger partial charge on any atom is 0.0609 e. The zero-order chi connectivity index (χ0) is 7.23. The maximum atomic E-state index is 5.57. The highest BCUT2D eigenvalue weighted by molar-refractivity contribution is 4.74. The van der Waals surface area contributed by atoms with Crippen molar-refractivity contribution in [3.05, 3.63) is 12.7 Å². The van der Waals surface area contributed by atoms with Gasteiger partial charge in [0.2, 0.25) is 0 Å². The van der Waals surface area contributed by atoms with Crippen LogP contribution in [-0.2, 0) is 4.74 Å². The van der Waals surface area contributed by atoms with Crippen molar-refractivity contribution >= 4 is 0 Å². The van der Waals surface area contributed by atoms with Gasteiger partial charge in [-0.15, -0.1) is 6.58 Å². The molecule has 0 radical (unpaired) electrons. The Morgan fingerprint density at radius 1 is 1.40 bits per heavy atom. The fourth-order valence-corrected chi connectivity index (χ4v) is 1.36. The van der Waals surface area contributed by atoms with Crippen LogP contribution in [0.4, 0.5) is 0 Å². The molecule has 58 valence electrons. The fourth-order valence-electron chi connectivity index (χ4n) is 1.36. The van der Waals surface area contributed by atoms with Crippen molar-refractivity contribution in [1.82, 2.24) is 0 Å². The molecule has 1 nitrogen and oxygen atoms in total. The third kappa shape index (κ3) is 2.53. The standard InChI is InChI=1S/C9H16O/c1-2-6-9-7-4-3-5-8-10-9/h2,9H,1,3-8H2. The molecule has 1 aliphatic rings.